The number of halogens is 1. The maximum absolute atomic E-state index is 12.5. The molecule has 2 aromatic rings. The molecule has 0 spiro atoms. The van der Waals surface area contributed by atoms with E-state index in [4.69, 9.17) is 21.1 Å². The Kier molecular flexibility index (Phi) is 5.17. The Morgan fingerprint density at radius 2 is 2.05 bits per heavy atom. The Morgan fingerprint density at radius 3 is 2.70 bits per heavy atom. The third-order valence-corrected chi connectivity index (χ3v) is 4.48. The lowest BCUT2D eigenvalue weighted by Gasteiger charge is -2.10. The number of carbonyl (C=O) groups excluding carboxylic acids is 1. The van der Waals surface area contributed by atoms with Crippen molar-refractivity contribution in [2.24, 2.45) is 0 Å². The van der Waals surface area contributed by atoms with Crippen LogP contribution in [0.4, 0.5) is 0 Å². The second kappa shape index (κ2) is 6.88. The molecule has 0 fully saturated rings. The lowest BCUT2D eigenvalue weighted by atomic mass is 10.1. The Balaban J connectivity index is 2.28. The highest BCUT2D eigenvalue weighted by molar-refractivity contribution is 7.13. The molecule has 5 heteroatoms. The van der Waals surface area contributed by atoms with Gasteiger partial charge in [0.1, 0.15) is 12.4 Å². The predicted molar refractivity (Wildman–Crippen MR) is 81.3 cm³/mol. The smallest absolute Gasteiger partial charge is 0.208 e. The van der Waals surface area contributed by atoms with Crippen molar-refractivity contribution >= 4 is 28.7 Å². The number of carbonyl (C=O) groups is 1. The van der Waals surface area contributed by atoms with E-state index in [1.54, 1.807) is 19.2 Å². The van der Waals surface area contributed by atoms with Gasteiger partial charge in [0.25, 0.3) is 0 Å². The molecular formula is C15H15ClO3S. The number of hydrogen-bond donors (Lipinski definition) is 0. The highest BCUT2D eigenvalue weighted by Crippen LogP contribution is 2.31. The first kappa shape index (κ1) is 15.0. The van der Waals surface area contributed by atoms with Crippen LogP contribution in [0.3, 0.4) is 0 Å². The average molecular weight is 311 g/mol. The number of benzene rings is 1. The number of ketones is 1. The molecule has 0 aliphatic rings. The summed E-state index contributed by atoms with van der Waals surface area (Å²) in [4.78, 5) is 13.1. The summed E-state index contributed by atoms with van der Waals surface area (Å²) < 4.78 is 10.5. The van der Waals surface area contributed by atoms with Crippen LogP contribution in [0.5, 0.6) is 5.75 Å². The van der Waals surface area contributed by atoms with Gasteiger partial charge in [-0.15, -0.1) is 11.3 Å². The number of thiophene rings is 1. The molecule has 0 aliphatic heterocycles. The van der Waals surface area contributed by atoms with Crippen LogP contribution < -0.4 is 4.74 Å². The van der Waals surface area contributed by atoms with Gasteiger partial charge in [0, 0.05) is 7.11 Å². The first-order chi connectivity index (χ1) is 9.65. The van der Waals surface area contributed by atoms with Gasteiger partial charge in [-0.1, -0.05) is 23.7 Å². The number of ether oxygens (including phenoxy) is 2. The van der Waals surface area contributed by atoms with Gasteiger partial charge < -0.3 is 9.47 Å². The second-order valence-corrected chi connectivity index (χ2v) is 5.49. The number of methoxy groups -OCH3 is 1. The van der Waals surface area contributed by atoms with Crippen LogP contribution in [-0.2, 0) is 4.74 Å². The molecular weight excluding hydrogens is 296 g/mol. The normalized spacial score (nSPS) is 10.6. The van der Waals surface area contributed by atoms with E-state index in [1.165, 1.54) is 11.3 Å². The maximum atomic E-state index is 12.5. The van der Waals surface area contributed by atoms with E-state index in [2.05, 4.69) is 0 Å². The van der Waals surface area contributed by atoms with Crippen LogP contribution in [0.2, 0.25) is 5.02 Å². The van der Waals surface area contributed by atoms with Crippen LogP contribution in [0, 0.1) is 6.92 Å². The van der Waals surface area contributed by atoms with E-state index in [0.29, 0.717) is 34.4 Å². The first-order valence-corrected chi connectivity index (χ1v) is 7.40. The molecule has 3 nitrogen and oxygen atoms in total. The first-order valence-electron chi connectivity index (χ1n) is 6.14. The van der Waals surface area contributed by atoms with Crippen molar-refractivity contribution in [3.05, 3.63) is 50.7 Å². The third kappa shape index (κ3) is 3.20. The number of para-hydroxylation sites is 1. The van der Waals surface area contributed by atoms with E-state index in [9.17, 15) is 4.79 Å². The van der Waals surface area contributed by atoms with Gasteiger partial charge in [0.15, 0.2) is 0 Å². The van der Waals surface area contributed by atoms with Gasteiger partial charge in [0.05, 0.1) is 22.1 Å². The Hall–Kier alpha value is -1.36. The summed E-state index contributed by atoms with van der Waals surface area (Å²) in [6.45, 7) is 2.76. The Labute approximate surface area is 127 Å². The number of hydrogen-bond acceptors (Lipinski definition) is 4. The van der Waals surface area contributed by atoms with Crippen LogP contribution in [-0.4, -0.2) is 26.1 Å². The summed E-state index contributed by atoms with van der Waals surface area (Å²) in [6.07, 6.45) is 0. The van der Waals surface area contributed by atoms with Gasteiger partial charge in [-0.2, -0.15) is 0 Å². The lowest BCUT2D eigenvalue weighted by Crippen LogP contribution is -2.08. The van der Waals surface area contributed by atoms with Crippen molar-refractivity contribution in [3.63, 3.8) is 0 Å². The van der Waals surface area contributed by atoms with Gasteiger partial charge >= 0.3 is 0 Å². The molecule has 0 saturated carbocycles. The zero-order valence-electron chi connectivity index (χ0n) is 11.3. The molecule has 0 N–H and O–H groups in total. The fourth-order valence-corrected chi connectivity index (χ4v) is 2.95. The molecule has 0 bridgehead atoms. The van der Waals surface area contributed by atoms with Crippen LogP contribution in [0.15, 0.2) is 29.6 Å². The van der Waals surface area contributed by atoms with Gasteiger partial charge in [-0.05, 0) is 30.0 Å². The molecule has 0 amide bonds. The zero-order valence-corrected chi connectivity index (χ0v) is 12.9. The van der Waals surface area contributed by atoms with Crippen molar-refractivity contribution in [1.82, 2.24) is 0 Å². The molecule has 0 radical (unpaired) electrons. The summed E-state index contributed by atoms with van der Waals surface area (Å²) in [6, 6.07) is 7.16. The second-order valence-electron chi connectivity index (χ2n) is 4.23. The Morgan fingerprint density at radius 1 is 1.30 bits per heavy atom. The molecule has 0 unspecified atom stereocenters. The van der Waals surface area contributed by atoms with Gasteiger partial charge in [-0.25, -0.2) is 0 Å². The molecule has 0 aliphatic carbocycles. The van der Waals surface area contributed by atoms with E-state index in [0.717, 1.165) is 5.56 Å². The third-order valence-electron chi connectivity index (χ3n) is 2.78. The molecule has 20 heavy (non-hydrogen) atoms. The number of rotatable bonds is 6. The fourth-order valence-electron chi connectivity index (χ4n) is 1.72. The molecule has 106 valence electrons. The van der Waals surface area contributed by atoms with Crippen molar-refractivity contribution in [3.8, 4) is 5.75 Å². The minimum Gasteiger partial charge on any atom is -0.490 e. The van der Waals surface area contributed by atoms with Crippen LogP contribution in [0.1, 0.15) is 20.8 Å². The van der Waals surface area contributed by atoms with E-state index < -0.39 is 0 Å². The van der Waals surface area contributed by atoms with Crippen molar-refractivity contribution in [2.75, 3.05) is 20.3 Å². The number of aryl methyl sites for hydroxylation is 1. The maximum Gasteiger partial charge on any atom is 0.208 e. The summed E-state index contributed by atoms with van der Waals surface area (Å²) in [5.74, 6) is 0.442. The van der Waals surface area contributed by atoms with Gasteiger partial charge in [-0.3, -0.25) is 4.79 Å². The highest BCUT2D eigenvalue weighted by Gasteiger charge is 2.19. The largest absolute Gasteiger partial charge is 0.490 e. The van der Waals surface area contributed by atoms with E-state index in [1.807, 2.05) is 24.4 Å². The molecule has 1 aromatic heterocycles. The van der Waals surface area contributed by atoms with E-state index >= 15 is 0 Å². The standard InChI is InChI=1S/C15H15ClO3S/c1-10-9-20-15(13(10)16)14(17)11-5-3-4-6-12(11)19-8-7-18-2/h3-6,9H,7-8H2,1-2H3. The lowest BCUT2D eigenvalue weighted by molar-refractivity contribution is 0.103. The van der Waals surface area contributed by atoms with Crippen molar-refractivity contribution < 1.29 is 14.3 Å². The summed E-state index contributed by atoms with van der Waals surface area (Å²) in [7, 11) is 1.61. The molecule has 2 rings (SSSR count). The van der Waals surface area contributed by atoms with E-state index in [-0.39, 0.29) is 5.78 Å². The zero-order chi connectivity index (χ0) is 14.5. The van der Waals surface area contributed by atoms with Crippen LogP contribution >= 0.6 is 22.9 Å². The average Bonchev–Trinajstić information content (AvgIpc) is 2.79. The topological polar surface area (TPSA) is 35.5 Å². The monoisotopic (exact) mass is 310 g/mol. The summed E-state index contributed by atoms with van der Waals surface area (Å²) in [5.41, 5.74) is 1.44. The minimum atomic E-state index is -0.110. The quantitative estimate of drug-likeness (QED) is 0.598. The molecule has 0 atom stereocenters. The predicted octanol–water partition coefficient (Wildman–Crippen LogP) is 3.97. The van der Waals surface area contributed by atoms with Crippen molar-refractivity contribution in [1.29, 1.82) is 0 Å². The van der Waals surface area contributed by atoms with Gasteiger partial charge in [0.2, 0.25) is 5.78 Å². The van der Waals surface area contributed by atoms with Crippen molar-refractivity contribution in [2.45, 2.75) is 6.92 Å². The SMILES string of the molecule is COCCOc1ccccc1C(=O)c1scc(C)c1Cl. The fraction of sp³-hybridized carbons (Fsp3) is 0.267. The van der Waals surface area contributed by atoms with Crippen LogP contribution in [0.25, 0.3) is 0 Å². The molecule has 1 aromatic carbocycles. The minimum absolute atomic E-state index is 0.110. The summed E-state index contributed by atoms with van der Waals surface area (Å²) >= 11 is 7.52. The Bertz CT molecular complexity index is 607. The summed E-state index contributed by atoms with van der Waals surface area (Å²) in [5, 5.41) is 2.40. The molecule has 1 heterocycles. The molecule has 0 saturated heterocycles. The highest BCUT2D eigenvalue weighted by atomic mass is 35.5.